The topological polar surface area (TPSA) is 0 Å². The van der Waals surface area contributed by atoms with Gasteiger partial charge in [0.05, 0.1) is 0 Å². The van der Waals surface area contributed by atoms with Crippen molar-refractivity contribution in [1.82, 2.24) is 0 Å². The highest BCUT2D eigenvalue weighted by molar-refractivity contribution is 5.19. The molecule has 0 aliphatic heterocycles. The maximum Gasteiger partial charge on any atom is -0.00780 e. The van der Waals surface area contributed by atoms with Gasteiger partial charge in [-0.25, -0.2) is 0 Å². The van der Waals surface area contributed by atoms with Gasteiger partial charge in [0.25, 0.3) is 0 Å². The van der Waals surface area contributed by atoms with E-state index in [0.29, 0.717) is 5.41 Å². The third-order valence-electron chi connectivity index (χ3n) is 4.17. The van der Waals surface area contributed by atoms with Gasteiger partial charge in [0.15, 0.2) is 0 Å². The summed E-state index contributed by atoms with van der Waals surface area (Å²) in [4.78, 5) is 0. The lowest BCUT2D eigenvalue weighted by atomic mass is 9.65. The van der Waals surface area contributed by atoms with Crippen molar-refractivity contribution in [2.75, 3.05) is 0 Å². The molecule has 2 aliphatic carbocycles. The van der Waals surface area contributed by atoms with Crippen LogP contribution in [0.1, 0.15) is 46.0 Å². The van der Waals surface area contributed by atoms with Crippen LogP contribution in [0.2, 0.25) is 0 Å². The maximum atomic E-state index is 2.44. The third kappa shape index (κ3) is 1.80. The van der Waals surface area contributed by atoms with Gasteiger partial charge in [0.2, 0.25) is 0 Å². The Morgan fingerprint density at radius 2 is 2.07 bits per heavy atom. The van der Waals surface area contributed by atoms with Crippen molar-refractivity contribution in [1.29, 1.82) is 0 Å². The molecule has 14 heavy (non-hydrogen) atoms. The molecule has 0 nitrogen and oxygen atoms in total. The molecule has 0 aromatic heterocycles. The summed E-state index contributed by atoms with van der Waals surface area (Å²) in [6.07, 6.45) is 16.4. The van der Waals surface area contributed by atoms with Crippen molar-refractivity contribution in [2.45, 2.75) is 46.0 Å². The molecule has 2 unspecified atom stereocenters. The fourth-order valence-corrected chi connectivity index (χ4v) is 2.96. The fourth-order valence-electron chi connectivity index (χ4n) is 2.96. The average Bonchev–Trinajstić information content (AvgIpc) is 2.13. The molecular weight excluding hydrogens is 168 g/mol. The minimum atomic E-state index is 0.453. The second-order valence-corrected chi connectivity index (χ2v) is 5.27. The summed E-state index contributed by atoms with van der Waals surface area (Å²) in [5, 5.41) is 0. The lowest BCUT2D eigenvalue weighted by Gasteiger charge is -2.40. The predicted molar refractivity (Wildman–Crippen MR) is 62.1 cm³/mol. The highest BCUT2D eigenvalue weighted by Crippen LogP contribution is 2.45. The molecule has 0 N–H and O–H groups in total. The van der Waals surface area contributed by atoms with Crippen LogP contribution in [0.25, 0.3) is 0 Å². The van der Waals surface area contributed by atoms with E-state index in [9.17, 15) is 0 Å². The summed E-state index contributed by atoms with van der Waals surface area (Å²) in [7, 11) is 0. The molecule has 2 atom stereocenters. The molecule has 0 bridgehead atoms. The first-order valence-corrected chi connectivity index (χ1v) is 6.10. The predicted octanol–water partition coefficient (Wildman–Crippen LogP) is 4.34. The van der Waals surface area contributed by atoms with Crippen molar-refractivity contribution in [3.8, 4) is 0 Å². The summed E-state index contributed by atoms with van der Waals surface area (Å²) in [5.74, 6) is 1.79. The molecule has 0 amide bonds. The van der Waals surface area contributed by atoms with Gasteiger partial charge in [-0.1, -0.05) is 57.4 Å². The Kier molecular flexibility index (Phi) is 2.80. The minimum absolute atomic E-state index is 0.453. The molecule has 0 heteroatoms. The van der Waals surface area contributed by atoms with E-state index < -0.39 is 0 Å². The second-order valence-electron chi connectivity index (χ2n) is 5.27. The van der Waals surface area contributed by atoms with Crippen LogP contribution in [-0.2, 0) is 0 Å². The van der Waals surface area contributed by atoms with Crippen molar-refractivity contribution in [3.63, 3.8) is 0 Å². The fraction of sp³-hybridized carbons (Fsp3) is 0.714. The largest absolute Gasteiger partial charge is 0.0806 e. The zero-order chi connectivity index (χ0) is 10.0. The molecule has 0 heterocycles. The summed E-state index contributed by atoms with van der Waals surface area (Å²) in [5.41, 5.74) is 0.453. The number of allylic oxidation sites excluding steroid dienone is 4. The van der Waals surface area contributed by atoms with Gasteiger partial charge < -0.3 is 0 Å². The van der Waals surface area contributed by atoms with Crippen LogP contribution in [0.4, 0.5) is 0 Å². The monoisotopic (exact) mass is 190 g/mol. The average molecular weight is 190 g/mol. The van der Waals surface area contributed by atoms with Crippen LogP contribution in [-0.4, -0.2) is 0 Å². The van der Waals surface area contributed by atoms with Gasteiger partial charge in [-0.2, -0.15) is 0 Å². The van der Waals surface area contributed by atoms with E-state index in [1.165, 1.54) is 32.1 Å². The minimum Gasteiger partial charge on any atom is -0.0806 e. The number of rotatable bonds is 3. The van der Waals surface area contributed by atoms with Crippen LogP contribution >= 0.6 is 0 Å². The summed E-state index contributed by atoms with van der Waals surface area (Å²) in [6.45, 7) is 4.76. The number of hydrogen-bond donors (Lipinski definition) is 0. The summed E-state index contributed by atoms with van der Waals surface area (Å²) >= 11 is 0. The molecule has 78 valence electrons. The van der Waals surface area contributed by atoms with E-state index in [1.54, 1.807) is 0 Å². The van der Waals surface area contributed by atoms with Gasteiger partial charge in [-0.15, -0.1) is 0 Å². The maximum absolute atomic E-state index is 2.44. The van der Waals surface area contributed by atoms with Crippen molar-refractivity contribution < 1.29 is 0 Å². The van der Waals surface area contributed by atoms with Gasteiger partial charge in [0.1, 0.15) is 0 Å². The summed E-state index contributed by atoms with van der Waals surface area (Å²) < 4.78 is 0. The molecule has 0 aromatic carbocycles. The first kappa shape index (κ1) is 10.0. The zero-order valence-corrected chi connectivity index (χ0v) is 9.50. The molecular formula is C14H22. The van der Waals surface area contributed by atoms with Crippen LogP contribution in [0, 0.1) is 17.3 Å². The zero-order valence-electron chi connectivity index (χ0n) is 9.50. The Morgan fingerprint density at radius 1 is 1.29 bits per heavy atom. The van der Waals surface area contributed by atoms with Gasteiger partial charge in [0, 0.05) is 0 Å². The van der Waals surface area contributed by atoms with Crippen molar-refractivity contribution in [3.05, 3.63) is 24.3 Å². The smallest absolute Gasteiger partial charge is 0.00780 e. The van der Waals surface area contributed by atoms with E-state index in [0.717, 1.165) is 11.8 Å². The highest BCUT2D eigenvalue weighted by Gasteiger charge is 2.34. The molecule has 0 spiro atoms. The Bertz CT molecular complexity index is 245. The lowest BCUT2D eigenvalue weighted by Crippen LogP contribution is -2.30. The highest BCUT2D eigenvalue weighted by atomic mass is 14.4. The lowest BCUT2D eigenvalue weighted by molar-refractivity contribution is 0.171. The molecule has 0 aromatic rings. The SMILES string of the molecule is CCC1C=CC=CC1(C)CC1CCC1. The van der Waals surface area contributed by atoms with Crippen molar-refractivity contribution >= 4 is 0 Å². The second kappa shape index (κ2) is 3.92. The van der Waals surface area contributed by atoms with Gasteiger partial charge >= 0.3 is 0 Å². The quantitative estimate of drug-likeness (QED) is 0.621. The summed E-state index contributed by atoms with van der Waals surface area (Å²) in [6, 6.07) is 0. The normalized spacial score (nSPS) is 37.1. The molecule has 0 radical (unpaired) electrons. The van der Waals surface area contributed by atoms with E-state index >= 15 is 0 Å². The van der Waals surface area contributed by atoms with E-state index in [1.807, 2.05) is 0 Å². The molecule has 0 saturated heterocycles. The Labute approximate surface area is 88.1 Å². The Balaban J connectivity index is 2.03. The number of hydrogen-bond acceptors (Lipinski definition) is 0. The molecule has 1 fully saturated rings. The third-order valence-corrected chi connectivity index (χ3v) is 4.17. The van der Waals surface area contributed by atoms with Crippen LogP contribution in [0.3, 0.4) is 0 Å². The standard InChI is InChI=1S/C14H22/c1-3-13-9-4-5-10-14(13,2)11-12-7-6-8-12/h4-5,9-10,12-13H,3,6-8,11H2,1-2H3. The molecule has 1 saturated carbocycles. The van der Waals surface area contributed by atoms with E-state index in [4.69, 9.17) is 0 Å². The van der Waals surface area contributed by atoms with Crippen molar-refractivity contribution in [2.24, 2.45) is 17.3 Å². The van der Waals surface area contributed by atoms with Crippen LogP contribution in [0.15, 0.2) is 24.3 Å². The first-order chi connectivity index (χ1) is 6.74. The first-order valence-electron chi connectivity index (χ1n) is 6.10. The Hall–Kier alpha value is -0.520. The molecule has 2 aliphatic rings. The van der Waals surface area contributed by atoms with Gasteiger partial charge in [-0.05, 0) is 30.1 Å². The van der Waals surface area contributed by atoms with E-state index in [-0.39, 0.29) is 0 Å². The van der Waals surface area contributed by atoms with Crippen LogP contribution in [0.5, 0.6) is 0 Å². The van der Waals surface area contributed by atoms with E-state index in [2.05, 4.69) is 38.2 Å². The Morgan fingerprint density at radius 3 is 2.64 bits per heavy atom. The van der Waals surface area contributed by atoms with Crippen LogP contribution < -0.4 is 0 Å². The molecule has 2 rings (SSSR count). The van der Waals surface area contributed by atoms with Gasteiger partial charge in [-0.3, -0.25) is 0 Å².